The fourth-order valence-corrected chi connectivity index (χ4v) is 2.89. The number of nitrogens with two attached hydrogens (primary N) is 1. The molecule has 0 unspecified atom stereocenters. The number of nitrogen functional groups attached to an aromatic ring is 1. The summed E-state index contributed by atoms with van der Waals surface area (Å²) in [6, 6.07) is 6.12. The quantitative estimate of drug-likeness (QED) is 0.641. The number of hydrogen-bond acceptors (Lipinski definition) is 6. The van der Waals surface area contributed by atoms with Crippen molar-refractivity contribution in [1.29, 1.82) is 5.26 Å². The number of methoxy groups -OCH3 is 1. The van der Waals surface area contributed by atoms with Crippen LogP contribution in [0.4, 0.5) is 10.1 Å². The third kappa shape index (κ3) is 3.78. The summed E-state index contributed by atoms with van der Waals surface area (Å²) in [6.45, 7) is 4.74. The van der Waals surface area contributed by atoms with Crippen LogP contribution in [0.1, 0.15) is 34.2 Å². The van der Waals surface area contributed by atoms with Crippen molar-refractivity contribution in [3.63, 3.8) is 0 Å². The van der Waals surface area contributed by atoms with Gasteiger partial charge in [-0.15, -0.1) is 0 Å². The summed E-state index contributed by atoms with van der Waals surface area (Å²) in [5, 5.41) is 13.5. The second-order valence-corrected chi connectivity index (χ2v) is 6.28. The first kappa shape index (κ1) is 19.9. The van der Waals surface area contributed by atoms with Gasteiger partial charge in [0.1, 0.15) is 12.7 Å². The van der Waals surface area contributed by atoms with Crippen LogP contribution >= 0.6 is 0 Å². The zero-order chi connectivity index (χ0) is 21.1. The average molecular weight is 397 g/mol. The molecular formula is C20H20FN5O3. The van der Waals surface area contributed by atoms with Gasteiger partial charge in [0.2, 0.25) is 0 Å². The third-order valence-corrected chi connectivity index (χ3v) is 4.49. The van der Waals surface area contributed by atoms with Crippen molar-refractivity contribution in [2.24, 2.45) is 0 Å². The lowest BCUT2D eigenvalue weighted by molar-refractivity contribution is 0.0593. The molecule has 0 amide bonds. The van der Waals surface area contributed by atoms with Gasteiger partial charge in [-0.05, 0) is 26.0 Å². The van der Waals surface area contributed by atoms with E-state index in [4.69, 9.17) is 15.2 Å². The molecule has 2 heterocycles. The van der Waals surface area contributed by atoms with Gasteiger partial charge in [0.15, 0.2) is 17.3 Å². The van der Waals surface area contributed by atoms with Crippen LogP contribution in [0.15, 0.2) is 30.6 Å². The van der Waals surface area contributed by atoms with E-state index in [-0.39, 0.29) is 29.3 Å². The third-order valence-electron chi connectivity index (χ3n) is 4.49. The molecule has 0 saturated carbocycles. The number of hydrogen-bond donors (Lipinski definition) is 1. The summed E-state index contributed by atoms with van der Waals surface area (Å²) in [4.78, 5) is 12.1. The van der Waals surface area contributed by atoms with E-state index < -0.39 is 11.8 Å². The van der Waals surface area contributed by atoms with Gasteiger partial charge < -0.3 is 19.8 Å². The Morgan fingerprint density at radius 2 is 2.14 bits per heavy atom. The number of aromatic nitrogens is 3. The van der Waals surface area contributed by atoms with E-state index in [1.807, 2.05) is 26.1 Å². The number of rotatable bonds is 6. The van der Waals surface area contributed by atoms with E-state index in [9.17, 15) is 14.4 Å². The maximum absolute atomic E-state index is 14.6. The standard InChI is InChI=1S/C20H20FN5O3/c1-4-25-9-14(12(2)24-25)11-29-17-6-5-15(7-16(17)21)26-10-13(8-22)18(23)19(26)20(27)28-3/h5-7,9-10H,4,11,23H2,1-3H3. The monoisotopic (exact) mass is 397 g/mol. The summed E-state index contributed by atoms with van der Waals surface area (Å²) in [7, 11) is 1.20. The van der Waals surface area contributed by atoms with Crippen molar-refractivity contribution in [2.75, 3.05) is 12.8 Å². The van der Waals surface area contributed by atoms with Crippen LogP contribution in [0.3, 0.4) is 0 Å². The van der Waals surface area contributed by atoms with Gasteiger partial charge in [-0.1, -0.05) is 0 Å². The Balaban J connectivity index is 1.89. The maximum Gasteiger partial charge on any atom is 0.357 e. The molecular weight excluding hydrogens is 377 g/mol. The first-order valence-electron chi connectivity index (χ1n) is 8.84. The summed E-state index contributed by atoms with van der Waals surface area (Å²) in [5.41, 5.74) is 7.87. The van der Waals surface area contributed by atoms with Crippen molar-refractivity contribution in [3.05, 3.63) is 58.9 Å². The molecule has 0 atom stereocenters. The van der Waals surface area contributed by atoms with Crippen LogP contribution in [-0.2, 0) is 17.9 Å². The fraction of sp³-hybridized carbons (Fsp3) is 0.250. The predicted octanol–water partition coefficient (Wildman–Crippen LogP) is 2.96. The summed E-state index contributed by atoms with van der Waals surface area (Å²) >= 11 is 0. The Morgan fingerprint density at radius 1 is 1.38 bits per heavy atom. The average Bonchev–Trinajstić information content (AvgIpc) is 3.25. The second kappa shape index (κ2) is 8.06. The fourth-order valence-electron chi connectivity index (χ4n) is 2.89. The molecule has 9 heteroatoms. The van der Waals surface area contributed by atoms with Crippen molar-refractivity contribution in [1.82, 2.24) is 14.3 Å². The largest absolute Gasteiger partial charge is 0.486 e. The predicted molar refractivity (Wildman–Crippen MR) is 103 cm³/mol. The van der Waals surface area contributed by atoms with Crippen LogP contribution in [0.2, 0.25) is 0 Å². The number of ether oxygens (including phenoxy) is 2. The molecule has 2 N–H and O–H groups in total. The van der Waals surface area contributed by atoms with Crippen LogP contribution in [0, 0.1) is 24.1 Å². The molecule has 3 rings (SSSR count). The SMILES string of the molecule is CCn1cc(COc2ccc(-n3cc(C#N)c(N)c3C(=O)OC)cc2F)c(C)n1. The molecule has 1 aromatic carbocycles. The number of nitrogens with zero attached hydrogens (tertiary/aromatic N) is 4. The molecule has 3 aromatic rings. The molecule has 0 bridgehead atoms. The lowest BCUT2D eigenvalue weighted by Crippen LogP contribution is -2.11. The molecule has 2 aromatic heterocycles. The minimum Gasteiger partial charge on any atom is -0.486 e. The Morgan fingerprint density at radius 3 is 2.72 bits per heavy atom. The first-order chi connectivity index (χ1) is 13.9. The summed E-state index contributed by atoms with van der Waals surface area (Å²) < 4.78 is 28.1. The van der Waals surface area contributed by atoms with Crippen LogP contribution in [-0.4, -0.2) is 27.4 Å². The summed E-state index contributed by atoms with van der Waals surface area (Å²) in [6.07, 6.45) is 3.22. The van der Waals surface area contributed by atoms with E-state index in [0.29, 0.717) is 5.69 Å². The molecule has 150 valence electrons. The number of carbonyl (C=O) groups excluding carboxylic acids is 1. The Kier molecular flexibility index (Phi) is 5.54. The zero-order valence-corrected chi connectivity index (χ0v) is 16.3. The zero-order valence-electron chi connectivity index (χ0n) is 16.3. The van der Waals surface area contributed by atoms with Crippen molar-refractivity contribution < 1.29 is 18.7 Å². The highest BCUT2D eigenvalue weighted by atomic mass is 19.1. The summed E-state index contributed by atoms with van der Waals surface area (Å²) in [5.74, 6) is -1.30. The molecule has 8 nitrogen and oxygen atoms in total. The van der Waals surface area contributed by atoms with Gasteiger partial charge >= 0.3 is 5.97 Å². The van der Waals surface area contributed by atoms with Gasteiger partial charge in [-0.3, -0.25) is 4.68 Å². The van der Waals surface area contributed by atoms with Gasteiger partial charge in [0, 0.05) is 36.3 Å². The topological polar surface area (TPSA) is 108 Å². The smallest absolute Gasteiger partial charge is 0.357 e. The van der Waals surface area contributed by atoms with E-state index in [2.05, 4.69) is 5.10 Å². The second-order valence-electron chi connectivity index (χ2n) is 6.28. The highest BCUT2D eigenvalue weighted by Gasteiger charge is 2.22. The Hall–Kier alpha value is -3.80. The number of nitriles is 1. The minimum atomic E-state index is -0.729. The van der Waals surface area contributed by atoms with Crippen molar-refractivity contribution >= 4 is 11.7 Å². The number of anilines is 1. The van der Waals surface area contributed by atoms with Crippen molar-refractivity contribution in [3.8, 4) is 17.5 Å². The van der Waals surface area contributed by atoms with Gasteiger partial charge in [0.25, 0.3) is 0 Å². The molecule has 0 spiro atoms. The van der Waals surface area contributed by atoms with Gasteiger partial charge in [-0.2, -0.15) is 10.4 Å². The van der Waals surface area contributed by atoms with Gasteiger partial charge in [0.05, 0.1) is 24.1 Å². The van der Waals surface area contributed by atoms with Crippen LogP contribution < -0.4 is 10.5 Å². The highest BCUT2D eigenvalue weighted by Crippen LogP contribution is 2.28. The van der Waals surface area contributed by atoms with E-state index in [0.717, 1.165) is 17.8 Å². The van der Waals surface area contributed by atoms with Gasteiger partial charge in [-0.25, -0.2) is 9.18 Å². The van der Waals surface area contributed by atoms with E-state index in [1.54, 1.807) is 10.7 Å². The molecule has 0 saturated heterocycles. The molecule has 29 heavy (non-hydrogen) atoms. The Labute approximate surface area is 166 Å². The van der Waals surface area contributed by atoms with E-state index in [1.165, 1.54) is 30.0 Å². The lowest BCUT2D eigenvalue weighted by Gasteiger charge is -2.11. The first-order valence-corrected chi connectivity index (χ1v) is 8.84. The normalized spacial score (nSPS) is 10.6. The maximum atomic E-state index is 14.6. The number of esters is 1. The lowest BCUT2D eigenvalue weighted by atomic mass is 10.2. The number of aryl methyl sites for hydroxylation is 2. The Bertz CT molecular complexity index is 1110. The van der Waals surface area contributed by atoms with Crippen LogP contribution in [0.5, 0.6) is 5.75 Å². The molecule has 0 aliphatic carbocycles. The van der Waals surface area contributed by atoms with E-state index >= 15 is 0 Å². The molecule has 0 aliphatic heterocycles. The number of benzene rings is 1. The molecule has 0 aliphatic rings. The number of carbonyl (C=O) groups is 1. The van der Waals surface area contributed by atoms with Crippen molar-refractivity contribution in [2.45, 2.75) is 27.0 Å². The molecule has 0 radical (unpaired) electrons. The molecule has 0 fully saturated rings. The highest BCUT2D eigenvalue weighted by molar-refractivity contribution is 5.95. The minimum absolute atomic E-state index is 0.0245. The van der Waals surface area contributed by atoms with Crippen LogP contribution in [0.25, 0.3) is 5.69 Å². The number of halogens is 1.